The second-order valence-electron chi connectivity index (χ2n) is 5.28. The van der Waals surface area contributed by atoms with Crippen molar-refractivity contribution in [1.82, 2.24) is 14.8 Å². The number of aliphatic hydroxyl groups is 2. The fourth-order valence-corrected chi connectivity index (χ4v) is 2.79. The summed E-state index contributed by atoms with van der Waals surface area (Å²) >= 11 is 5.96. The predicted octanol–water partition coefficient (Wildman–Crippen LogP) is 2.36. The number of hydrogen-bond acceptors (Lipinski definition) is 4. The van der Waals surface area contributed by atoms with Crippen molar-refractivity contribution >= 4 is 11.6 Å². The standard InChI is InChI=1S/C17H16ClN3O2/c18-15-7-5-14(6-8-15)17(23,10-21-12-19-11-20-21)16-4-2-1-3-13(16)9-22/h1-8,11-12,22-23H,9-10H2. The average molecular weight is 330 g/mol. The van der Waals surface area contributed by atoms with Gasteiger partial charge in [0.25, 0.3) is 0 Å². The van der Waals surface area contributed by atoms with E-state index in [0.29, 0.717) is 21.7 Å². The molecule has 0 fully saturated rings. The van der Waals surface area contributed by atoms with E-state index < -0.39 is 5.60 Å². The summed E-state index contributed by atoms with van der Waals surface area (Å²) in [6.45, 7) is 0.00900. The van der Waals surface area contributed by atoms with Gasteiger partial charge < -0.3 is 10.2 Å². The molecule has 0 saturated heterocycles. The molecule has 0 saturated carbocycles. The van der Waals surface area contributed by atoms with Crippen molar-refractivity contribution in [3.63, 3.8) is 0 Å². The van der Waals surface area contributed by atoms with Crippen LogP contribution in [0.5, 0.6) is 0 Å². The Balaban J connectivity index is 2.14. The molecule has 0 amide bonds. The van der Waals surface area contributed by atoms with Crippen molar-refractivity contribution in [2.75, 3.05) is 0 Å². The van der Waals surface area contributed by atoms with Gasteiger partial charge in [-0.25, -0.2) is 9.67 Å². The third-order valence-electron chi connectivity index (χ3n) is 3.81. The summed E-state index contributed by atoms with van der Waals surface area (Å²) in [5.74, 6) is 0. The van der Waals surface area contributed by atoms with Crippen LogP contribution in [0.4, 0.5) is 0 Å². The predicted molar refractivity (Wildman–Crippen MR) is 86.8 cm³/mol. The van der Waals surface area contributed by atoms with Gasteiger partial charge >= 0.3 is 0 Å². The Morgan fingerprint density at radius 2 is 1.83 bits per heavy atom. The molecule has 1 heterocycles. The lowest BCUT2D eigenvalue weighted by molar-refractivity contribution is 0.0550. The maximum absolute atomic E-state index is 11.5. The Bertz CT molecular complexity index is 775. The van der Waals surface area contributed by atoms with Crippen LogP contribution in [0.1, 0.15) is 16.7 Å². The number of aromatic nitrogens is 3. The number of benzene rings is 2. The maximum atomic E-state index is 11.5. The molecule has 0 spiro atoms. The normalized spacial score (nSPS) is 13.7. The molecule has 5 nitrogen and oxygen atoms in total. The molecular weight excluding hydrogens is 314 g/mol. The van der Waals surface area contributed by atoms with Crippen molar-refractivity contribution in [3.8, 4) is 0 Å². The molecule has 0 radical (unpaired) electrons. The number of hydrogen-bond donors (Lipinski definition) is 2. The Morgan fingerprint density at radius 3 is 2.48 bits per heavy atom. The highest BCUT2D eigenvalue weighted by molar-refractivity contribution is 6.30. The lowest BCUT2D eigenvalue weighted by Gasteiger charge is -2.31. The van der Waals surface area contributed by atoms with Gasteiger partial charge in [-0.1, -0.05) is 48.0 Å². The fourth-order valence-electron chi connectivity index (χ4n) is 2.67. The zero-order chi connectivity index (χ0) is 16.3. The molecule has 3 rings (SSSR count). The van der Waals surface area contributed by atoms with E-state index in [0.717, 1.165) is 0 Å². The fraction of sp³-hybridized carbons (Fsp3) is 0.176. The van der Waals surface area contributed by atoms with Crippen molar-refractivity contribution in [2.24, 2.45) is 0 Å². The van der Waals surface area contributed by atoms with Gasteiger partial charge in [-0.15, -0.1) is 0 Å². The topological polar surface area (TPSA) is 71.2 Å². The molecule has 0 aliphatic carbocycles. The summed E-state index contributed by atoms with van der Waals surface area (Å²) in [6, 6.07) is 14.2. The van der Waals surface area contributed by atoms with Crippen molar-refractivity contribution in [2.45, 2.75) is 18.8 Å². The molecule has 3 aromatic rings. The van der Waals surface area contributed by atoms with Crippen LogP contribution in [-0.2, 0) is 18.8 Å². The highest BCUT2D eigenvalue weighted by atomic mass is 35.5. The summed E-state index contributed by atoms with van der Waals surface area (Å²) in [6.07, 6.45) is 2.96. The van der Waals surface area contributed by atoms with Crippen LogP contribution in [0.25, 0.3) is 0 Å². The van der Waals surface area contributed by atoms with Crippen LogP contribution < -0.4 is 0 Å². The Kier molecular flexibility index (Phi) is 4.43. The van der Waals surface area contributed by atoms with E-state index in [1.165, 1.54) is 6.33 Å². The van der Waals surface area contributed by atoms with Crippen LogP contribution in [-0.4, -0.2) is 25.0 Å². The molecule has 0 aliphatic heterocycles. The Labute approximate surface area is 138 Å². The highest BCUT2D eigenvalue weighted by Gasteiger charge is 2.34. The maximum Gasteiger partial charge on any atom is 0.137 e. The first-order valence-electron chi connectivity index (χ1n) is 7.13. The van der Waals surface area contributed by atoms with Crippen LogP contribution >= 0.6 is 11.6 Å². The minimum absolute atomic E-state index is 0.163. The van der Waals surface area contributed by atoms with Gasteiger partial charge in [-0.2, -0.15) is 5.10 Å². The largest absolute Gasteiger partial charge is 0.392 e. The number of aliphatic hydroxyl groups excluding tert-OH is 1. The van der Waals surface area contributed by atoms with E-state index >= 15 is 0 Å². The molecule has 0 bridgehead atoms. The van der Waals surface area contributed by atoms with Crippen molar-refractivity contribution in [3.05, 3.63) is 82.9 Å². The van der Waals surface area contributed by atoms with Gasteiger partial charge in [0.2, 0.25) is 0 Å². The second-order valence-corrected chi connectivity index (χ2v) is 5.71. The molecule has 1 aromatic heterocycles. The van der Waals surface area contributed by atoms with Gasteiger partial charge in [0.1, 0.15) is 18.3 Å². The molecule has 2 aromatic carbocycles. The molecule has 1 unspecified atom stereocenters. The third-order valence-corrected chi connectivity index (χ3v) is 4.06. The van der Waals surface area contributed by atoms with E-state index in [4.69, 9.17) is 11.6 Å². The van der Waals surface area contributed by atoms with Crippen LogP contribution in [0.15, 0.2) is 61.2 Å². The lowest BCUT2D eigenvalue weighted by atomic mass is 9.83. The second kappa shape index (κ2) is 6.50. The van der Waals surface area contributed by atoms with Gasteiger partial charge in [0.05, 0.1) is 13.2 Å². The molecular formula is C17H16ClN3O2. The van der Waals surface area contributed by atoms with Crippen LogP contribution in [0, 0.1) is 0 Å². The molecule has 0 aliphatic rings. The van der Waals surface area contributed by atoms with Gasteiger partial charge in [-0.05, 0) is 28.8 Å². The van der Waals surface area contributed by atoms with Crippen molar-refractivity contribution < 1.29 is 10.2 Å². The Hall–Kier alpha value is -2.21. The van der Waals surface area contributed by atoms with E-state index in [2.05, 4.69) is 10.1 Å². The van der Waals surface area contributed by atoms with E-state index in [9.17, 15) is 10.2 Å². The molecule has 6 heteroatoms. The minimum atomic E-state index is -1.36. The zero-order valence-electron chi connectivity index (χ0n) is 12.3. The summed E-state index contributed by atoms with van der Waals surface area (Å²) in [4.78, 5) is 3.92. The van der Waals surface area contributed by atoms with Gasteiger partial charge in [-0.3, -0.25) is 0 Å². The smallest absolute Gasteiger partial charge is 0.137 e. The van der Waals surface area contributed by atoms with E-state index in [-0.39, 0.29) is 13.2 Å². The summed E-state index contributed by atoms with van der Waals surface area (Å²) in [5.41, 5.74) is 0.584. The monoisotopic (exact) mass is 329 g/mol. The van der Waals surface area contributed by atoms with Crippen LogP contribution in [0.2, 0.25) is 5.02 Å². The minimum Gasteiger partial charge on any atom is -0.392 e. The van der Waals surface area contributed by atoms with E-state index in [1.807, 2.05) is 12.1 Å². The summed E-state index contributed by atoms with van der Waals surface area (Å²) in [5, 5.41) is 25.8. The van der Waals surface area contributed by atoms with Crippen molar-refractivity contribution in [1.29, 1.82) is 0 Å². The summed E-state index contributed by atoms with van der Waals surface area (Å²) in [7, 11) is 0. The lowest BCUT2D eigenvalue weighted by Crippen LogP contribution is -2.34. The number of nitrogens with zero attached hydrogens (tertiary/aromatic N) is 3. The molecule has 118 valence electrons. The molecule has 2 N–H and O–H groups in total. The summed E-state index contributed by atoms with van der Waals surface area (Å²) < 4.78 is 1.56. The molecule has 1 atom stereocenters. The third kappa shape index (κ3) is 3.12. The first kappa shape index (κ1) is 15.7. The zero-order valence-corrected chi connectivity index (χ0v) is 13.1. The highest BCUT2D eigenvalue weighted by Crippen LogP contribution is 2.34. The number of halogens is 1. The van der Waals surface area contributed by atoms with Gasteiger partial charge in [0, 0.05) is 5.02 Å². The number of rotatable bonds is 5. The average Bonchev–Trinajstić information content (AvgIpc) is 3.08. The van der Waals surface area contributed by atoms with Gasteiger partial charge in [0.15, 0.2) is 0 Å². The van der Waals surface area contributed by atoms with Crippen LogP contribution in [0.3, 0.4) is 0 Å². The Morgan fingerprint density at radius 1 is 1.09 bits per heavy atom. The molecule has 23 heavy (non-hydrogen) atoms. The SMILES string of the molecule is OCc1ccccc1C(O)(Cn1cncn1)c1ccc(Cl)cc1. The first-order valence-corrected chi connectivity index (χ1v) is 7.51. The first-order chi connectivity index (χ1) is 11.1. The quantitative estimate of drug-likeness (QED) is 0.754. The van der Waals surface area contributed by atoms with E-state index in [1.54, 1.807) is 47.4 Å².